The Kier molecular flexibility index (Phi) is 7.40. The number of aromatic nitrogens is 2. The number of piperazine rings is 1. The third-order valence-electron chi connectivity index (χ3n) is 5.78. The van der Waals surface area contributed by atoms with E-state index in [4.69, 9.17) is 17.3 Å². The highest BCUT2D eigenvalue weighted by Crippen LogP contribution is 2.31. The molecule has 2 N–H and O–H groups in total. The lowest BCUT2D eigenvalue weighted by Gasteiger charge is -2.36. The smallest absolute Gasteiger partial charge is 0.233 e. The maximum Gasteiger partial charge on any atom is 0.233 e. The van der Waals surface area contributed by atoms with Crippen molar-refractivity contribution in [1.29, 1.82) is 0 Å². The topological polar surface area (TPSA) is 75.4 Å². The first-order valence-electron chi connectivity index (χ1n) is 11.1. The fourth-order valence-electron chi connectivity index (χ4n) is 4.01. The summed E-state index contributed by atoms with van der Waals surface area (Å²) in [4.78, 5) is 26.2. The lowest BCUT2D eigenvalue weighted by Crippen LogP contribution is -2.49. The second-order valence-corrected chi connectivity index (χ2v) is 9.45. The zero-order valence-corrected chi connectivity index (χ0v) is 20.5. The summed E-state index contributed by atoms with van der Waals surface area (Å²) < 4.78 is 0. The lowest BCUT2D eigenvalue weighted by molar-refractivity contribution is -0.128. The zero-order valence-electron chi connectivity index (χ0n) is 18.9. The maximum absolute atomic E-state index is 12.8. The molecular weight excluding hydrogens is 454 g/mol. The van der Waals surface area contributed by atoms with Crippen LogP contribution in [0.3, 0.4) is 0 Å². The molecular formula is C25H28ClN5OS. The van der Waals surface area contributed by atoms with Crippen LogP contribution < -0.4 is 10.6 Å². The summed E-state index contributed by atoms with van der Waals surface area (Å²) >= 11 is 7.36. The van der Waals surface area contributed by atoms with E-state index in [9.17, 15) is 4.79 Å². The van der Waals surface area contributed by atoms with Gasteiger partial charge in [0.15, 0.2) is 5.16 Å². The Morgan fingerprint density at radius 3 is 2.48 bits per heavy atom. The second kappa shape index (κ2) is 10.4. The highest BCUT2D eigenvalue weighted by atomic mass is 35.5. The van der Waals surface area contributed by atoms with E-state index in [1.165, 1.54) is 23.0 Å². The minimum absolute atomic E-state index is 0.103. The number of anilines is 2. The molecule has 2 aromatic carbocycles. The molecule has 0 unspecified atom stereocenters. The van der Waals surface area contributed by atoms with Crippen molar-refractivity contribution in [2.45, 2.75) is 25.4 Å². The molecule has 1 aliphatic rings. The van der Waals surface area contributed by atoms with Gasteiger partial charge < -0.3 is 15.5 Å². The van der Waals surface area contributed by atoms with E-state index in [0.29, 0.717) is 41.3 Å². The Balaban J connectivity index is 1.37. The largest absolute Gasteiger partial charge is 0.383 e. The Hall–Kier alpha value is -2.77. The Labute approximate surface area is 204 Å². The maximum atomic E-state index is 12.8. The monoisotopic (exact) mass is 481 g/mol. The molecule has 1 fully saturated rings. The van der Waals surface area contributed by atoms with Crippen LogP contribution in [0.15, 0.2) is 53.7 Å². The van der Waals surface area contributed by atoms with Gasteiger partial charge in [-0.1, -0.05) is 54.6 Å². The summed E-state index contributed by atoms with van der Waals surface area (Å²) in [6.07, 6.45) is 0.715. The zero-order chi connectivity index (χ0) is 23.4. The van der Waals surface area contributed by atoms with Gasteiger partial charge in [0.1, 0.15) is 5.82 Å². The minimum atomic E-state index is 0.103. The molecule has 1 aromatic heterocycles. The first-order chi connectivity index (χ1) is 15.9. The van der Waals surface area contributed by atoms with E-state index < -0.39 is 0 Å². The van der Waals surface area contributed by atoms with E-state index in [-0.39, 0.29) is 5.91 Å². The molecule has 1 aliphatic heterocycles. The Morgan fingerprint density at radius 2 is 1.82 bits per heavy atom. The number of hydrogen-bond acceptors (Lipinski definition) is 6. The molecule has 1 amide bonds. The predicted molar refractivity (Wildman–Crippen MR) is 137 cm³/mol. The summed E-state index contributed by atoms with van der Waals surface area (Å²) in [6, 6.07) is 16.0. The predicted octanol–water partition coefficient (Wildman–Crippen LogP) is 4.69. The summed E-state index contributed by atoms with van der Waals surface area (Å²) in [7, 11) is 0. The van der Waals surface area contributed by atoms with Crippen LogP contribution >= 0.6 is 23.4 Å². The molecule has 0 atom stereocenters. The summed E-state index contributed by atoms with van der Waals surface area (Å²) in [6.45, 7) is 7.23. The molecule has 3 aromatic rings. The van der Waals surface area contributed by atoms with Crippen molar-refractivity contribution in [2.75, 3.05) is 42.6 Å². The van der Waals surface area contributed by atoms with E-state index in [2.05, 4.69) is 46.1 Å². The van der Waals surface area contributed by atoms with Gasteiger partial charge in [0.25, 0.3) is 0 Å². The second-order valence-electron chi connectivity index (χ2n) is 8.07. The van der Waals surface area contributed by atoms with Gasteiger partial charge in [-0.25, -0.2) is 9.97 Å². The minimum Gasteiger partial charge on any atom is -0.383 e. The van der Waals surface area contributed by atoms with Crippen LogP contribution in [0.4, 0.5) is 11.5 Å². The van der Waals surface area contributed by atoms with Crippen LogP contribution in [0.5, 0.6) is 0 Å². The van der Waals surface area contributed by atoms with Gasteiger partial charge in [0.05, 0.1) is 11.4 Å². The quantitative estimate of drug-likeness (QED) is 0.406. The number of thioether (sulfide) groups is 1. The normalized spacial score (nSPS) is 13.9. The van der Waals surface area contributed by atoms with Gasteiger partial charge >= 0.3 is 0 Å². The van der Waals surface area contributed by atoms with Crippen LogP contribution in [0, 0.1) is 6.92 Å². The lowest BCUT2D eigenvalue weighted by atomic mass is 10.0. The van der Waals surface area contributed by atoms with E-state index >= 15 is 0 Å². The van der Waals surface area contributed by atoms with Crippen LogP contribution in [0.2, 0.25) is 5.02 Å². The number of carbonyl (C=O) groups is 1. The number of rotatable bonds is 6. The van der Waals surface area contributed by atoms with Crippen molar-refractivity contribution in [1.82, 2.24) is 14.9 Å². The third-order valence-corrected chi connectivity index (χ3v) is 6.87. The van der Waals surface area contributed by atoms with Gasteiger partial charge in [-0.05, 0) is 48.7 Å². The van der Waals surface area contributed by atoms with Gasteiger partial charge in [0.2, 0.25) is 5.91 Å². The molecule has 0 spiro atoms. The number of halogens is 1. The number of carbonyl (C=O) groups excluding carboxylic acids is 1. The molecule has 4 rings (SSSR count). The summed E-state index contributed by atoms with van der Waals surface area (Å²) in [5.41, 5.74) is 11.4. The van der Waals surface area contributed by atoms with Crippen LogP contribution in [-0.2, 0) is 11.2 Å². The number of nitrogens with zero attached hydrogens (tertiary/aromatic N) is 4. The van der Waals surface area contributed by atoms with Crippen LogP contribution in [0.25, 0.3) is 11.1 Å². The molecule has 33 heavy (non-hydrogen) atoms. The number of nitrogens with two attached hydrogens (primary N) is 1. The average Bonchev–Trinajstić information content (AvgIpc) is 2.83. The highest BCUT2D eigenvalue weighted by Gasteiger charge is 2.22. The molecule has 172 valence electrons. The number of benzene rings is 2. The average molecular weight is 482 g/mol. The Bertz CT molecular complexity index is 1130. The van der Waals surface area contributed by atoms with Crippen molar-refractivity contribution >= 4 is 40.8 Å². The molecule has 0 bridgehead atoms. The van der Waals surface area contributed by atoms with E-state index in [1.807, 2.05) is 36.1 Å². The highest BCUT2D eigenvalue weighted by molar-refractivity contribution is 7.99. The van der Waals surface area contributed by atoms with Gasteiger partial charge in [0, 0.05) is 42.5 Å². The fourth-order valence-corrected chi connectivity index (χ4v) is 4.91. The number of amides is 1. The standard InChI is InChI=1S/C25H28ClN5OS/c1-3-21-23(18-7-9-19(26)10-8-18)24(27)29-25(28-21)33-16-22(32)31-13-11-30(12-14-31)20-6-4-5-17(2)15-20/h4-10,15H,3,11-14,16H2,1-2H3,(H2,27,28,29). The van der Waals surface area contributed by atoms with Crippen molar-refractivity contribution in [2.24, 2.45) is 0 Å². The van der Waals surface area contributed by atoms with E-state index in [0.717, 1.165) is 29.9 Å². The SMILES string of the molecule is CCc1nc(SCC(=O)N2CCN(c3cccc(C)c3)CC2)nc(N)c1-c1ccc(Cl)cc1. The van der Waals surface area contributed by atoms with Crippen molar-refractivity contribution in [3.05, 3.63) is 64.8 Å². The number of hydrogen-bond donors (Lipinski definition) is 1. The number of nitrogen functional groups attached to an aromatic ring is 1. The molecule has 0 saturated carbocycles. The first-order valence-corrected chi connectivity index (χ1v) is 12.5. The first kappa shape index (κ1) is 23.4. The number of aryl methyl sites for hydroxylation is 2. The molecule has 0 radical (unpaired) electrons. The fraction of sp³-hybridized carbons (Fsp3) is 0.320. The van der Waals surface area contributed by atoms with Gasteiger partial charge in [-0.15, -0.1) is 0 Å². The summed E-state index contributed by atoms with van der Waals surface area (Å²) in [5.74, 6) is 0.824. The molecule has 8 heteroatoms. The van der Waals surface area contributed by atoms with Crippen LogP contribution in [0.1, 0.15) is 18.2 Å². The third kappa shape index (κ3) is 5.60. The van der Waals surface area contributed by atoms with Gasteiger partial charge in [-0.3, -0.25) is 4.79 Å². The van der Waals surface area contributed by atoms with Crippen molar-refractivity contribution in [3.63, 3.8) is 0 Å². The van der Waals surface area contributed by atoms with E-state index in [1.54, 1.807) is 0 Å². The van der Waals surface area contributed by atoms with Gasteiger partial charge in [-0.2, -0.15) is 0 Å². The van der Waals surface area contributed by atoms with Crippen molar-refractivity contribution in [3.8, 4) is 11.1 Å². The summed E-state index contributed by atoms with van der Waals surface area (Å²) in [5, 5.41) is 1.20. The van der Waals surface area contributed by atoms with Crippen LogP contribution in [-0.4, -0.2) is 52.7 Å². The molecule has 0 aliphatic carbocycles. The molecule has 1 saturated heterocycles. The van der Waals surface area contributed by atoms with Crippen molar-refractivity contribution < 1.29 is 4.79 Å². The molecule has 6 nitrogen and oxygen atoms in total. The Morgan fingerprint density at radius 1 is 1.09 bits per heavy atom. The molecule has 2 heterocycles.